The Kier molecular flexibility index (Phi) is 6.63. The minimum absolute atomic E-state index is 0.00253. The molecule has 0 unspecified atom stereocenters. The van der Waals surface area contributed by atoms with Crippen LogP contribution in [0.4, 0.5) is 11.4 Å². The van der Waals surface area contributed by atoms with Crippen molar-refractivity contribution in [3.8, 4) is 0 Å². The highest BCUT2D eigenvalue weighted by atomic mass is 32.1. The van der Waals surface area contributed by atoms with Gasteiger partial charge in [0.15, 0.2) is 4.77 Å². The van der Waals surface area contributed by atoms with Crippen molar-refractivity contribution in [1.82, 2.24) is 20.1 Å². The Morgan fingerprint density at radius 1 is 1.40 bits per heavy atom. The van der Waals surface area contributed by atoms with Gasteiger partial charge < -0.3 is 10.6 Å². The molecule has 0 aliphatic rings. The average Bonchev–Trinajstić information content (AvgIpc) is 2.92. The molecule has 3 N–H and O–H groups in total. The molecular weight excluding hydrogens is 344 g/mol. The topological polar surface area (TPSA) is 118 Å². The van der Waals surface area contributed by atoms with Gasteiger partial charge in [-0.1, -0.05) is 19.1 Å². The molecule has 0 aliphatic heterocycles. The monoisotopic (exact) mass is 364 g/mol. The molecular formula is C15H20N6O3S. The minimum Gasteiger partial charge on any atom is -0.378 e. The lowest BCUT2D eigenvalue weighted by atomic mass is 10.2. The van der Waals surface area contributed by atoms with Gasteiger partial charge in [0.1, 0.15) is 18.1 Å². The van der Waals surface area contributed by atoms with Crippen LogP contribution in [0, 0.1) is 14.9 Å². The Labute approximate surface area is 149 Å². The van der Waals surface area contributed by atoms with Crippen LogP contribution < -0.4 is 10.6 Å². The Morgan fingerprint density at radius 2 is 2.16 bits per heavy atom. The van der Waals surface area contributed by atoms with E-state index in [0.717, 1.165) is 18.7 Å². The van der Waals surface area contributed by atoms with Gasteiger partial charge in [0.25, 0.3) is 5.69 Å². The molecule has 1 aromatic carbocycles. The summed E-state index contributed by atoms with van der Waals surface area (Å²) in [4.78, 5) is 22.5. The molecule has 0 spiro atoms. The summed E-state index contributed by atoms with van der Waals surface area (Å²) in [5.41, 5.74) is 0.423. The second kappa shape index (κ2) is 8.92. The van der Waals surface area contributed by atoms with Crippen LogP contribution in [0.2, 0.25) is 0 Å². The molecule has 10 heteroatoms. The summed E-state index contributed by atoms with van der Waals surface area (Å²) >= 11 is 5.13. The van der Waals surface area contributed by atoms with Crippen molar-refractivity contribution < 1.29 is 9.72 Å². The standard InChI is InChI=1S/C15H20N6O3S/c1-2-5-13-18-19-15(25)20(13)10-14(22)17-9-8-16-11-6-3-4-7-12(11)21(23)24/h3-4,6-7,16H,2,5,8-10H2,1H3,(H,17,22)(H,19,25). The lowest BCUT2D eigenvalue weighted by molar-refractivity contribution is -0.384. The number of nitro groups is 1. The number of aryl methyl sites for hydroxylation is 1. The van der Waals surface area contributed by atoms with Gasteiger partial charge in [-0.15, -0.1) is 0 Å². The minimum atomic E-state index is -0.448. The molecule has 9 nitrogen and oxygen atoms in total. The maximum absolute atomic E-state index is 12.0. The van der Waals surface area contributed by atoms with Crippen LogP contribution in [0.3, 0.4) is 0 Å². The van der Waals surface area contributed by atoms with Crippen LogP contribution in [-0.2, 0) is 17.8 Å². The number of carbonyl (C=O) groups is 1. The summed E-state index contributed by atoms with van der Waals surface area (Å²) in [6.45, 7) is 2.82. The molecule has 2 rings (SSSR count). The fourth-order valence-electron chi connectivity index (χ4n) is 2.31. The van der Waals surface area contributed by atoms with Gasteiger partial charge in [0.05, 0.1) is 4.92 Å². The van der Waals surface area contributed by atoms with E-state index >= 15 is 0 Å². The van der Waals surface area contributed by atoms with Gasteiger partial charge in [-0.3, -0.25) is 24.6 Å². The summed E-state index contributed by atoms with van der Waals surface area (Å²) in [6, 6.07) is 6.37. The highest BCUT2D eigenvalue weighted by Gasteiger charge is 2.12. The Morgan fingerprint density at radius 3 is 2.88 bits per heavy atom. The zero-order valence-corrected chi connectivity index (χ0v) is 14.6. The highest BCUT2D eigenvalue weighted by molar-refractivity contribution is 7.71. The van der Waals surface area contributed by atoms with E-state index in [2.05, 4.69) is 20.8 Å². The lowest BCUT2D eigenvalue weighted by Gasteiger charge is -2.09. The van der Waals surface area contributed by atoms with Crippen LogP contribution in [-0.4, -0.2) is 38.7 Å². The zero-order valence-electron chi connectivity index (χ0n) is 13.8. The molecule has 0 saturated heterocycles. The summed E-state index contributed by atoms with van der Waals surface area (Å²) in [7, 11) is 0. The van der Waals surface area contributed by atoms with E-state index in [0.29, 0.717) is 23.5 Å². The quantitative estimate of drug-likeness (QED) is 0.271. The third-order valence-corrected chi connectivity index (χ3v) is 3.79. The largest absolute Gasteiger partial charge is 0.378 e. The molecule has 1 amide bonds. The molecule has 1 heterocycles. The Bertz CT molecular complexity index is 801. The predicted molar refractivity (Wildman–Crippen MR) is 96.0 cm³/mol. The van der Waals surface area contributed by atoms with Crippen molar-refractivity contribution in [2.24, 2.45) is 0 Å². The second-order valence-corrected chi connectivity index (χ2v) is 5.72. The van der Waals surface area contributed by atoms with Crippen molar-refractivity contribution in [3.05, 3.63) is 45.0 Å². The zero-order chi connectivity index (χ0) is 18.2. The van der Waals surface area contributed by atoms with Crippen LogP contribution in [0.15, 0.2) is 24.3 Å². The first-order chi connectivity index (χ1) is 12.0. The van der Waals surface area contributed by atoms with Crippen molar-refractivity contribution in [1.29, 1.82) is 0 Å². The third-order valence-electron chi connectivity index (χ3n) is 3.48. The Balaban J connectivity index is 1.83. The predicted octanol–water partition coefficient (Wildman–Crippen LogP) is 2.03. The summed E-state index contributed by atoms with van der Waals surface area (Å²) in [6.07, 6.45) is 1.64. The number of aromatic amines is 1. The first kappa shape index (κ1) is 18.6. The first-order valence-corrected chi connectivity index (χ1v) is 8.31. The number of hydrogen-bond acceptors (Lipinski definition) is 6. The van der Waals surface area contributed by atoms with E-state index in [4.69, 9.17) is 12.2 Å². The van der Waals surface area contributed by atoms with Crippen LogP contribution in [0.5, 0.6) is 0 Å². The normalized spacial score (nSPS) is 10.4. The molecule has 0 saturated carbocycles. The van der Waals surface area contributed by atoms with Crippen LogP contribution in [0.1, 0.15) is 19.2 Å². The number of nitrogens with zero attached hydrogens (tertiary/aromatic N) is 3. The van der Waals surface area contributed by atoms with E-state index < -0.39 is 4.92 Å². The number of aromatic nitrogens is 3. The summed E-state index contributed by atoms with van der Waals surface area (Å²) < 4.78 is 2.08. The summed E-state index contributed by atoms with van der Waals surface area (Å²) in [5, 5.41) is 23.4. The number of nitro benzene ring substituents is 1. The molecule has 0 bridgehead atoms. The van der Waals surface area contributed by atoms with Gasteiger partial charge >= 0.3 is 0 Å². The van der Waals surface area contributed by atoms with Gasteiger partial charge in [0, 0.05) is 25.6 Å². The molecule has 0 atom stereocenters. The van der Waals surface area contributed by atoms with E-state index in [-0.39, 0.29) is 18.1 Å². The number of nitrogens with one attached hydrogen (secondary N) is 3. The van der Waals surface area contributed by atoms with E-state index in [1.165, 1.54) is 6.07 Å². The second-order valence-electron chi connectivity index (χ2n) is 5.33. The van der Waals surface area contributed by atoms with Crippen molar-refractivity contribution in [2.45, 2.75) is 26.3 Å². The van der Waals surface area contributed by atoms with Gasteiger partial charge in [0.2, 0.25) is 5.91 Å². The van der Waals surface area contributed by atoms with Crippen molar-refractivity contribution >= 4 is 29.5 Å². The number of para-hydroxylation sites is 2. The van der Waals surface area contributed by atoms with Gasteiger partial charge in [-0.25, -0.2) is 0 Å². The molecule has 0 radical (unpaired) electrons. The van der Waals surface area contributed by atoms with Crippen molar-refractivity contribution in [3.63, 3.8) is 0 Å². The van der Waals surface area contributed by atoms with E-state index in [1.807, 2.05) is 6.92 Å². The number of carbonyl (C=O) groups excluding carboxylic acids is 1. The molecule has 25 heavy (non-hydrogen) atoms. The number of hydrogen-bond donors (Lipinski definition) is 3. The van der Waals surface area contributed by atoms with E-state index in [1.54, 1.807) is 22.8 Å². The Hall–Kier alpha value is -2.75. The molecule has 2 aromatic rings. The number of H-pyrrole nitrogens is 1. The lowest BCUT2D eigenvalue weighted by Crippen LogP contribution is -2.32. The fraction of sp³-hybridized carbons (Fsp3) is 0.400. The molecule has 0 aliphatic carbocycles. The molecule has 0 fully saturated rings. The first-order valence-electron chi connectivity index (χ1n) is 7.91. The third kappa shape index (κ3) is 5.11. The van der Waals surface area contributed by atoms with Gasteiger partial charge in [-0.05, 0) is 24.7 Å². The fourth-order valence-corrected chi connectivity index (χ4v) is 2.52. The molecule has 134 valence electrons. The number of rotatable bonds is 9. The maximum Gasteiger partial charge on any atom is 0.292 e. The maximum atomic E-state index is 12.0. The smallest absolute Gasteiger partial charge is 0.292 e. The van der Waals surface area contributed by atoms with Crippen LogP contribution >= 0.6 is 12.2 Å². The summed E-state index contributed by atoms with van der Waals surface area (Å²) in [5.74, 6) is 0.555. The SMILES string of the molecule is CCCc1n[nH]c(=S)n1CC(=O)NCCNc1ccccc1[N+](=O)[O-]. The van der Waals surface area contributed by atoms with Crippen molar-refractivity contribution in [2.75, 3.05) is 18.4 Å². The van der Waals surface area contributed by atoms with E-state index in [9.17, 15) is 14.9 Å². The number of benzene rings is 1. The van der Waals surface area contributed by atoms with Crippen LogP contribution in [0.25, 0.3) is 0 Å². The highest BCUT2D eigenvalue weighted by Crippen LogP contribution is 2.22. The van der Waals surface area contributed by atoms with Gasteiger partial charge in [-0.2, -0.15) is 5.10 Å². The number of amides is 1. The molecule has 1 aromatic heterocycles. The average molecular weight is 364 g/mol. The number of anilines is 1.